The maximum absolute atomic E-state index is 13.0. The zero-order chi connectivity index (χ0) is 19.6. The Morgan fingerprint density at radius 1 is 1.00 bits per heavy atom. The van der Waals surface area contributed by atoms with Crippen LogP contribution in [0.15, 0.2) is 48.5 Å². The van der Waals surface area contributed by atoms with Crippen LogP contribution in [0, 0.1) is 0 Å². The summed E-state index contributed by atoms with van der Waals surface area (Å²) in [5.41, 5.74) is 5.26. The van der Waals surface area contributed by atoms with Crippen molar-refractivity contribution in [3.05, 3.63) is 59.1 Å². The molecular formula is C21H21ClN2O4. The smallest absolute Gasteiger partial charge is 0.283 e. The molecule has 4 rings (SSSR count). The fraction of sp³-hybridized carbons (Fsp3) is 0.333. The van der Waals surface area contributed by atoms with Crippen LogP contribution in [0.1, 0.15) is 31.2 Å². The van der Waals surface area contributed by atoms with Crippen molar-refractivity contribution >= 4 is 23.4 Å². The Bertz CT molecular complexity index is 895. The largest absolute Gasteiger partial charge is 0.485 e. The van der Waals surface area contributed by atoms with Crippen LogP contribution in [-0.2, 0) is 15.0 Å². The summed E-state index contributed by atoms with van der Waals surface area (Å²) in [7, 11) is 0. The number of para-hydroxylation sites is 2. The Kier molecular flexibility index (Phi) is 5.13. The summed E-state index contributed by atoms with van der Waals surface area (Å²) in [5, 5.41) is 0.590. The second-order valence-electron chi connectivity index (χ2n) is 7.11. The summed E-state index contributed by atoms with van der Waals surface area (Å²) < 4.78 is 11.2. The molecular weight excluding hydrogens is 380 g/mol. The molecule has 2 N–H and O–H groups in total. The number of fused-ring (bicyclic) bond motifs is 1. The SMILES string of the molecule is O=C(NNC(=O)C1(c2cccc(Cl)c2)CCCC1)C1COc2ccccc2O1. The molecule has 1 unspecified atom stereocenters. The van der Waals surface area contributed by atoms with Gasteiger partial charge in [-0.25, -0.2) is 0 Å². The third-order valence-corrected chi connectivity index (χ3v) is 5.60. The molecule has 0 bridgehead atoms. The lowest BCUT2D eigenvalue weighted by Crippen LogP contribution is -2.55. The number of rotatable bonds is 3. The number of amides is 2. The van der Waals surface area contributed by atoms with Gasteiger partial charge in [0.2, 0.25) is 12.0 Å². The van der Waals surface area contributed by atoms with Crippen molar-refractivity contribution in [2.45, 2.75) is 37.2 Å². The first-order valence-corrected chi connectivity index (χ1v) is 9.71. The Morgan fingerprint density at radius 3 is 2.50 bits per heavy atom. The summed E-state index contributed by atoms with van der Waals surface area (Å²) in [6, 6.07) is 14.5. The van der Waals surface area contributed by atoms with E-state index in [-0.39, 0.29) is 12.5 Å². The van der Waals surface area contributed by atoms with E-state index < -0.39 is 17.4 Å². The molecule has 28 heavy (non-hydrogen) atoms. The van der Waals surface area contributed by atoms with E-state index in [4.69, 9.17) is 21.1 Å². The van der Waals surface area contributed by atoms with Crippen molar-refractivity contribution in [2.24, 2.45) is 0 Å². The van der Waals surface area contributed by atoms with Crippen LogP contribution in [0.2, 0.25) is 5.02 Å². The molecule has 0 aromatic heterocycles. The van der Waals surface area contributed by atoms with E-state index in [0.29, 0.717) is 29.4 Å². The van der Waals surface area contributed by atoms with Crippen LogP contribution in [0.5, 0.6) is 11.5 Å². The molecule has 1 heterocycles. The first kappa shape index (κ1) is 18.6. The molecule has 0 saturated heterocycles. The number of hydrazine groups is 1. The van der Waals surface area contributed by atoms with Crippen LogP contribution in [0.4, 0.5) is 0 Å². The van der Waals surface area contributed by atoms with Crippen molar-refractivity contribution in [1.29, 1.82) is 0 Å². The van der Waals surface area contributed by atoms with Gasteiger partial charge in [0, 0.05) is 5.02 Å². The molecule has 6 nitrogen and oxygen atoms in total. The monoisotopic (exact) mass is 400 g/mol. The molecule has 2 amide bonds. The van der Waals surface area contributed by atoms with Crippen LogP contribution >= 0.6 is 11.6 Å². The number of hydrogen-bond acceptors (Lipinski definition) is 4. The molecule has 1 saturated carbocycles. The fourth-order valence-corrected chi connectivity index (χ4v) is 4.07. The first-order chi connectivity index (χ1) is 13.6. The fourth-order valence-electron chi connectivity index (χ4n) is 3.88. The number of benzene rings is 2. The maximum atomic E-state index is 13.0. The van der Waals surface area contributed by atoms with Gasteiger partial charge in [0.15, 0.2) is 11.5 Å². The highest BCUT2D eigenvalue weighted by molar-refractivity contribution is 6.30. The van der Waals surface area contributed by atoms with Gasteiger partial charge >= 0.3 is 0 Å². The summed E-state index contributed by atoms with van der Waals surface area (Å²) in [5.74, 6) is 0.410. The van der Waals surface area contributed by atoms with Gasteiger partial charge in [-0.2, -0.15) is 0 Å². The second-order valence-corrected chi connectivity index (χ2v) is 7.54. The first-order valence-electron chi connectivity index (χ1n) is 9.33. The second kappa shape index (κ2) is 7.72. The molecule has 2 aromatic rings. The van der Waals surface area contributed by atoms with Gasteiger partial charge < -0.3 is 9.47 Å². The topological polar surface area (TPSA) is 76.7 Å². The lowest BCUT2D eigenvalue weighted by molar-refractivity contribution is -0.137. The van der Waals surface area contributed by atoms with E-state index >= 15 is 0 Å². The van der Waals surface area contributed by atoms with E-state index in [1.54, 1.807) is 24.3 Å². The van der Waals surface area contributed by atoms with Crippen molar-refractivity contribution in [3.63, 3.8) is 0 Å². The van der Waals surface area contributed by atoms with E-state index in [1.807, 2.05) is 24.3 Å². The molecule has 2 aromatic carbocycles. The number of hydrogen-bond donors (Lipinski definition) is 2. The molecule has 1 aliphatic heterocycles. The van der Waals surface area contributed by atoms with E-state index in [9.17, 15) is 9.59 Å². The van der Waals surface area contributed by atoms with Crippen LogP contribution in [0.3, 0.4) is 0 Å². The number of carbonyl (C=O) groups is 2. The number of nitrogens with one attached hydrogen (secondary N) is 2. The Morgan fingerprint density at radius 2 is 1.75 bits per heavy atom. The lowest BCUT2D eigenvalue weighted by Gasteiger charge is -2.29. The van der Waals surface area contributed by atoms with Gasteiger partial charge in [-0.15, -0.1) is 0 Å². The molecule has 0 spiro atoms. The van der Waals surface area contributed by atoms with E-state index in [1.165, 1.54) is 0 Å². The average Bonchev–Trinajstić information content (AvgIpc) is 3.22. The highest BCUT2D eigenvalue weighted by Crippen LogP contribution is 2.42. The zero-order valence-corrected chi connectivity index (χ0v) is 16.0. The van der Waals surface area contributed by atoms with Gasteiger partial charge in [0.1, 0.15) is 6.61 Å². The molecule has 0 radical (unpaired) electrons. The van der Waals surface area contributed by atoms with Crippen molar-refractivity contribution < 1.29 is 19.1 Å². The minimum atomic E-state index is -0.833. The van der Waals surface area contributed by atoms with E-state index in [2.05, 4.69) is 10.9 Å². The molecule has 7 heteroatoms. The Balaban J connectivity index is 1.42. The third-order valence-electron chi connectivity index (χ3n) is 5.37. The molecule has 1 aliphatic carbocycles. The maximum Gasteiger partial charge on any atom is 0.283 e. The van der Waals surface area contributed by atoms with Gasteiger partial charge in [-0.1, -0.05) is 48.7 Å². The molecule has 2 aliphatic rings. The normalized spacial score (nSPS) is 19.7. The predicted octanol–water partition coefficient (Wildman–Crippen LogP) is 3.14. The standard InChI is InChI=1S/C21H21ClN2O4/c22-15-7-5-6-14(12-15)21(10-3-4-11-21)20(26)24-23-19(25)18-13-27-16-8-1-2-9-17(16)28-18/h1-2,5-9,12,18H,3-4,10-11,13H2,(H,23,25)(H,24,26). The van der Waals surface area contributed by atoms with Gasteiger partial charge in [0.25, 0.3) is 5.91 Å². The zero-order valence-electron chi connectivity index (χ0n) is 15.2. The summed E-state index contributed by atoms with van der Waals surface area (Å²) in [6.07, 6.45) is 2.49. The quantitative estimate of drug-likeness (QED) is 0.776. The Labute approximate surface area is 168 Å². The predicted molar refractivity (Wildman–Crippen MR) is 104 cm³/mol. The number of ether oxygens (including phenoxy) is 2. The van der Waals surface area contributed by atoms with Gasteiger partial charge in [-0.3, -0.25) is 20.4 Å². The van der Waals surface area contributed by atoms with Gasteiger partial charge in [-0.05, 0) is 42.7 Å². The summed E-state index contributed by atoms with van der Waals surface area (Å²) in [4.78, 5) is 25.5. The van der Waals surface area contributed by atoms with E-state index in [0.717, 1.165) is 18.4 Å². The minimum Gasteiger partial charge on any atom is -0.485 e. The highest BCUT2D eigenvalue weighted by Gasteiger charge is 2.43. The van der Waals surface area contributed by atoms with Crippen LogP contribution < -0.4 is 20.3 Å². The Hall–Kier alpha value is -2.73. The lowest BCUT2D eigenvalue weighted by atomic mass is 9.78. The number of halogens is 1. The molecule has 1 atom stereocenters. The third kappa shape index (κ3) is 3.52. The van der Waals surface area contributed by atoms with Crippen LogP contribution in [-0.4, -0.2) is 24.5 Å². The molecule has 146 valence electrons. The van der Waals surface area contributed by atoms with Crippen molar-refractivity contribution in [2.75, 3.05) is 6.61 Å². The molecule has 1 fully saturated rings. The summed E-state index contributed by atoms with van der Waals surface area (Å²) in [6.45, 7) is 0.0815. The minimum absolute atomic E-state index is 0.0815. The van der Waals surface area contributed by atoms with Crippen LogP contribution in [0.25, 0.3) is 0 Å². The number of carbonyl (C=O) groups excluding carboxylic acids is 2. The van der Waals surface area contributed by atoms with Crippen molar-refractivity contribution in [1.82, 2.24) is 10.9 Å². The average molecular weight is 401 g/mol. The van der Waals surface area contributed by atoms with Gasteiger partial charge in [0.05, 0.1) is 5.41 Å². The highest BCUT2D eigenvalue weighted by atomic mass is 35.5. The van der Waals surface area contributed by atoms with Crippen molar-refractivity contribution in [3.8, 4) is 11.5 Å². The summed E-state index contributed by atoms with van der Waals surface area (Å²) >= 11 is 6.13.